The molecule has 0 amide bonds. The van der Waals surface area contributed by atoms with Crippen molar-refractivity contribution in [1.82, 2.24) is 0 Å². The third kappa shape index (κ3) is 5.58. The van der Waals surface area contributed by atoms with E-state index in [0.29, 0.717) is 23.2 Å². The van der Waals surface area contributed by atoms with Crippen LogP contribution in [-0.2, 0) is 13.2 Å². The first kappa shape index (κ1) is 21.8. The molecule has 0 heterocycles. The second-order valence-electron chi connectivity index (χ2n) is 6.22. The molecule has 0 radical (unpaired) electrons. The first-order valence-electron chi connectivity index (χ1n) is 8.38. The number of ether oxygens (including phenoxy) is 1. The van der Waals surface area contributed by atoms with Gasteiger partial charge in [0.05, 0.1) is 4.47 Å². The van der Waals surface area contributed by atoms with Crippen molar-refractivity contribution in [2.24, 2.45) is 0 Å². The van der Waals surface area contributed by atoms with E-state index in [4.69, 9.17) is 39.5 Å². The van der Waals surface area contributed by atoms with Crippen LogP contribution in [0.2, 0.25) is 15.1 Å². The Kier molecular flexibility index (Phi) is 7.57. The van der Waals surface area contributed by atoms with E-state index in [1.807, 2.05) is 43.3 Å². The summed E-state index contributed by atoms with van der Waals surface area (Å²) in [6.07, 6.45) is 0. The topological polar surface area (TPSA) is 21.3 Å². The van der Waals surface area contributed by atoms with Crippen molar-refractivity contribution >= 4 is 72.4 Å². The Morgan fingerprint density at radius 3 is 2.39 bits per heavy atom. The van der Waals surface area contributed by atoms with Crippen LogP contribution in [0.4, 0.5) is 5.69 Å². The summed E-state index contributed by atoms with van der Waals surface area (Å²) in [5, 5.41) is 5.30. The number of hydrogen-bond donors (Lipinski definition) is 1. The minimum absolute atomic E-state index is 0.333. The standard InChI is InChI=1S/C21H16Br2Cl3NO/c1-12-2-5-17(9-19(12)25)27-10-14-6-15(22)7-18(23)21(14)28-11-13-3-4-16(24)8-20(13)26/h2-9,27H,10-11H2,1H3. The highest BCUT2D eigenvalue weighted by atomic mass is 79.9. The summed E-state index contributed by atoms with van der Waals surface area (Å²) in [4.78, 5) is 0. The molecule has 2 nitrogen and oxygen atoms in total. The predicted molar refractivity (Wildman–Crippen MR) is 126 cm³/mol. The Balaban J connectivity index is 1.79. The van der Waals surface area contributed by atoms with Gasteiger partial charge in [-0.25, -0.2) is 0 Å². The number of anilines is 1. The molecule has 0 atom stereocenters. The van der Waals surface area contributed by atoms with Crippen molar-refractivity contribution < 1.29 is 4.74 Å². The largest absolute Gasteiger partial charge is 0.487 e. The number of benzene rings is 3. The average molecular weight is 565 g/mol. The van der Waals surface area contributed by atoms with Crippen molar-refractivity contribution in [3.63, 3.8) is 0 Å². The van der Waals surface area contributed by atoms with Gasteiger partial charge in [0.1, 0.15) is 12.4 Å². The fourth-order valence-electron chi connectivity index (χ4n) is 2.60. The van der Waals surface area contributed by atoms with E-state index < -0.39 is 0 Å². The lowest BCUT2D eigenvalue weighted by Crippen LogP contribution is -2.05. The zero-order chi connectivity index (χ0) is 20.3. The second-order valence-corrected chi connectivity index (χ2v) is 9.24. The number of hydrogen-bond acceptors (Lipinski definition) is 2. The van der Waals surface area contributed by atoms with Gasteiger partial charge in [-0.2, -0.15) is 0 Å². The molecule has 0 saturated carbocycles. The predicted octanol–water partition coefficient (Wildman–Crippen LogP) is 8.67. The van der Waals surface area contributed by atoms with Gasteiger partial charge in [-0.3, -0.25) is 0 Å². The van der Waals surface area contributed by atoms with Crippen LogP contribution in [0.5, 0.6) is 5.75 Å². The van der Waals surface area contributed by atoms with Crippen LogP contribution in [0.3, 0.4) is 0 Å². The normalized spacial score (nSPS) is 10.8. The molecule has 0 aliphatic heterocycles. The lowest BCUT2D eigenvalue weighted by atomic mass is 10.1. The molecule has 0 saturated heterocycles. The molecular formula is C21H16Br2Cl3NO. The van der Waals surface area contributed by atoms with E-state index in [1.165, 1.54) is 0 Å². The highest BCUT2D eigenvalue weighted by molar-refractivity contribution is 9.11. The smallest absolute Gasteiger partial charge is 0.139 e. The molecule has 0 aliphatic rings. The Labute approximate surface area is 196 Å². The van der Waals surface area contributed by atoms with Crippen molar-refractivity contribution in [2.75, 3.05) is 5.32 Å². The van der Waals surface area contributed by atoms with Gasteiger partial charge in [-0.05, 0) is 64.8 Å². The fourth-order valence-corrected chi connectivity index (χ4v) is 4.67. The van der Waals surface area contributed by atoms with E-state index in [-0.39, 0.29) is 0 Å². The van der Waals surface area contributed by atoms with Gasteiger partial charge in [0.15, 0.2) is 0 Å². The SMILES string of the molecule is Cc1ccc(NCc2cc(Br)cc(Br)c2OCc2ccc(Cl)cc2Cl)cc1Cl. The maximum atomic E-state index is 6.26. The summed E-state index contributed by atoms with van der Waals surface area (Å²) in [7, 11) is 0. The lowest BCUT2D eigenvalue weighted by molar-refractivity contribution is 0.301. The molecule has 0 aliphatic carbocycles. The highest BCUT2D eigenvalue weighted by Crippen LogP contribution is 2.35. The minimum atomic E-state index is 0.333. The first-order valence-corrected chi connectivity index (χ1v) is 11.1. The number of rotatable bonds is 6. The number of halogens is 5. The molecule has 28 heavy (non-hydrogen) atoms. The van der Waals surface area contributed by atoms with Crippen LogP contribution in [0.15, 0.2) is 57.5 Å². The first-order chi connectivity index (χ1) is 13.3. The van der Waals surface area contributed by atoms with Crippen LogP contribution >= 0.6 is 66.7 Å². The lowest BCUT2D eigenvalue weighted by Gasteiger charge is -2.16. The molecule has 0 unspecified atom stereocenters. The molecule has 146 valence electrons. The zero-order valence-corrected chi connectivity index (χ0v) is 20.3. The van der Waals surface area contributed by atoms with Crippen molar-refractivity contribution in [2.45, 2.75) is 20.1 Å². The van der Waals surface area contributed by atoms with E-state index in [0.717, 1.165) is 42.1 Å². The summed E-state index contributed by atoms with van der Waals surface area (Å²) in [6.45, 7) is 2.88. The van der Waals surface area contributed by atoms with Gasteiger partial charge in [0.25, 0.3) is 0 Å². The molecule has 0 fully saturated rings. The van der Waals surface area contributed by atoms with Gasteiger partial charge < -0.3 is 10.1 Å². The average Bonchev–Trinajstić information content (AvgIpc) is 2.63. The maximum Gasteiger partial charge on any atom is 0.139 e. The Morgan fingerprint density at radius 1 is 0.893 bits per heavy atom. The molecule has 1 N–H and O–H groups in total. The van der Waals surface area contributed by atoms with Gasteiger partial charge in [-0.15, -0.1) is 0 Å². The van der Waals surface area contributed by atoms with Crippen LogP contribution in [-0.4, -0.2) is 0 Å². The molecule has 0 bridgehead atoms. The molecular weight excluding hydrogens is 548 g/mol. The van der Waals surface area contributed by atoms with Gasteiger partial charge in [-0.1, -0.05) is 62.9 Å². The van der Waals surface area contributed by atoms with E-state index in [1.54, 1.807) is 12.1 Å². The van der Waals surface area contributed by atoms with Gasteiger partial charge >= 0.3 is 0 Å². The minimum Gasteiger partial charge on any atom is -0.487 e. The van der Waals surface area contributed by atoms with E-state index in [9.17, 15) is 0 Å². The van der Waals surface area contributed by atoms with Crippen molar-refractivity contribution in [1.29, 1.82) is 0 Å². The molecule has 0 spiro atoms. The number of aryl methyl sites for hydroxylation is 1. The molecule has 3 aromatic carbocycles. The van der Waals surface area contributed by atoms with E-state index in [2.05, 4.69) is 37.2 Å². The summed E-state index contributed by atoms with van der Waals surface area (Å²) in [5.74, 6) is 0.750. The van der Waals surface area contributed by atoms with Crippen LogP contribution in [0.1, 0.15) is 16.7 Å². The third-order valence-corrected chi connectivity index (χ3v) is 6.17. The molecule has 3 aromatic rings. The van der Waals surface area contributed by atoms with Gasteiger partial charge in [0.2, 0.25) is 0 Å². The number of nitrogens with one attached hydrogen (secondary N) is 1. The van der Waals surface area contributed by atoms with E-state index >= 15 is 0 Å². The molecule has 3 rings (SSSR count). The van der Waals surface area contributed by atoms with Crippen molar-refractivity contribution in [3.05, 3.63) is 89.2 Å². The monoisotopic (exact) mass is 561 g/mol. The third-order valence-electron chi connectivity index (χ3n) is 4.13. The Morgan fingerprint density at radius 2 is 1.68 bits per heavy atom. The Hall–Kier alpha value is -0.910. The Bertz CT molecular complexity index is 1010. The fraction of sp³-hybridized carbons (Fsp3) is 0.143. The van der Waals surface area contributed by atoms with Gasteiger partial charge in [0, 0.05) is 42.9 Å². The van der Waals surface area contributed by atoms with Crippen LogP contribution in [0.25, 0.3) is 0 Å². The van der Waals surface area contributed by atoms with Crippen LogP contribution in [0, 0.1) is 6.92 Å². The zero-order valence-electron chi connectivity index (χ0n) is 14.8. The summed E-state index contributed by atoms with van der Waals surface area (Å²) < 4.78 is 7.91. The summed E-state index contributed by atoms with van der Waals surface area (Å²) >= 11 is 25.6. The second kappa shape index (κ2) is 9.73. The quantitative estimate of drug-likeness (QED) is 0.324. The van der Waals surface area contributed by atoms with Crippen LogP contribution < -0.4 is 10.1 Å². The van der Waals surface area contributed by atoms with Crippen molar-refractivity contribution in [3.8, 4) is 5.75 Å². The molecule has 7 heteroatoms. The molecule has 0 aromatic heterocycles. The summed E-state index contributed by atoms with van der Waals surface area (Å²) in [5.41, 5.74) is 3.84. The highest BCUT2D eigenvalue weighted by Gasteiger charge is 2.12. The maximum absolute atomic E-state index is 6.26. The summed E-state index contributed by atoms with van der Waals surface area (Å²) in [6, 6.07) is 15.2.